The first kappa shape index (κ1) is 10.7. The zero-order valence-corrected chi connectivity index (χ0v) is 8.14. The Morgan fingerprint density at radius 2 is 2.27 bits per heavy atom. The number of amides is 1. The van der Waals surface area contributed by atoms with Crippen LogP contribution in [0.2, 0.25) is 0 Å². The van der Waals surface area contributed by atoms with E-state index in [2.05, 4.69) is 4.98 Å². The molecule has 1 aromatic heterocycles. The Kier molecular flexibility index (Phi) is 3.37. The summed E-state index contributed by atoms with van der Waals surface area (Å²) in [5.41, 5.74) is 0.626. The molecule has 15 heavy (non-hydrogen) atoms. The molecule has 0 aliphatic rings. The van der Waals surface area contributed by atoms with E-state index < -0.39 is 0 Å². The molecule has 0 atom stereocenters. The topological polar surface area (TPSA) is 80.8 Å². The maximum absolute atomic E-state index is 11.6. The summed E-state index contributed by atoms with van der Waals surface area (Å²) >= 11 is 0. The molecule has 1 aromatic rings. The van der Waals surface area contributed by atoms with Gasteiger partial charge in [0, 0.05) is 13.2 Å². The highest BCUT2D eigenvalue weighted by atomic mass is 16.2. The summed E-state index contributed by atoms with van der Waals surface area (Å²) in [6, 6.07) is 6.75. The van der Waals surface area contributed by atoms with Crippen LogP contribution in [0.1, 0.15) is 16.1 Å². The first-order chi connectivity index (χ1) is 7.19. The quantitative estimate of drug-likeness (QED) is 0.653. The predicted octanol–water partition coefficient (Wildman–Crippen LogP) is 0.549. The monoisotopic (exact) mass is 200 g/mol. The normalized spacial score (nSPS) is 8.73. The molecule has 0 aliphatic carbocycles. The summed E-state index contributed by atoms with van der Waals surface area (Å²) in [4.78, 5) is 16.7. The molecular weight excluding hydrogens is 192 g/mol. The SMILES string of the molecule is CN(CC#N)C(=O)c1ccc(C#N)cn1. The first-order valence-corrected chi connectivity index (χ1v) is 4.17. The highest BCUT2D eigenvalue weighted by Crippen LogP contribution is 2.01. The lowest BCUT2D eigenvalue weighted by Crippen LogP contribution is -2.27. The van der Waals surface area contributed by atoms with E-state index in [-0.39, 0.29) is 18.1 Å². The van der Waals surface area contributed by atoms with Crippen molar-refractivity contribution in [2.45, 2.75) is 0 Å². The Morgan fingerprint density at radius 1 is 1.53 bits per heavy atom. The summed E-state index contributed by atoms with van der Waals surface area (Å²) < 4.78 is 0. The molecule has 0 N–H and O–H groups in total. The standard InChI is InChI=1S/C10H8N4O/c1-14(5-4-11)10(15)9-3-2-8(6-12)7-13-9/h2-3,7H,5H2,1H3. The van der Waals surface area contributed by atoms with Crippen molar-refractivity contribution in [1.29, 1.82) is 10.5 Å². The fourth-order valence-electron chi connectivity index (χ4n) is 0.960. The third-order valence-corrected chi connectivity index (χ3v) is 1.77. The Labute approximate surface area is 87.2 Å². The highest BCUT2D eigenvalue weighted by molar-refractivity contribution is 5.92. The van der Waals surface area contributed by atoms with Crippen LogP contribution < -0.4 is 0 Å². The molecule has 0 aromatic carbocycles. The average Bonchev–Trinajstić information content (AvgIpc) is 2.28. The van der Waals surface area contributed by atoms with Crippen LogP contribution >= 0.6 is 0 Å². The Balaban J connectivity index is 2.85. The highest BCUT2D eigenvalue weighted by Gasteiger charge is 2.11. The van der Waals surface area contributed by atoms with E-state index in [9.17, 15) is 4.79 Å². The van der Waals surface area contributed by atoms with Crippen molar-refractivity contribution in [3.63, 3.8) is 0 Å². The van der Waals surface area contributed by atoms with E-state index in [1.165, 1.54) is 30.3 Å². The molecule has 1 heterocycles. The Hall–Kier alpha value is -2.40. The number of pyridine rings is 1. The van der Waals surface area contributed by atoms with Crippen LogP contribution in [0.4, 0.5) is 0 Å². The predicted molar refractivity (Wildman–Crippen MR) is 51.5 cm³/mol. The van der Waals surface area contributed by atoms with Gasteiger partial charge in [-0.25, -0.2) is 4.98 Å². The van der Waals surface area contributed by atoms with Gasteiger partial charge in [0.25, 0.3) is 5.91 Å². The van der Waals surface area contributed by atoms with Crippen LogP contribution in [0, 0.1) is 22.7 Å². The van der Waals surface area contributed by atoms with Crippen LogP contribution in [0.3, 0.4) is 0 Å². The number of carbonyl (C=O) groups excluding carboxylic acids is 1. The third kappa shape index (κ3) is 2.52. The van der Waals surface area contributed by atoms with Crippen LogP contribution in [0.15, 0.2) is 18.3 Å². The number of aromatic nitrogens is 1. The van der Waals surface area contributed by atoms with Crippen molar-refractivity contribution in [2.24, 2.45) is 0 Å². The minimum absolute atomic E-state index is 0.0144. The van der Waals surface area contributed by atoms with Gasteiger partial charge in [-0.3, -0.25) is 4.79 Å². The summed E-state index contributed by atoms with van der Waals surface area (Å²) in [6.07, 6.45) is 1.33. The van der Waals surface area contributed by atoms with Gasteiger partial charge in [-0.05, 0) is 12.1 Å². The smallest absolute Gasteiger partial charge is 0.273 e. The molecule has 0 unspecified atom stereocenters. The summed E-state index contributed by atoms with van der Waals surface area (Å²) in [6.45, 7) is 0.0144. The lowest BCUT2D eigenvalue weighted by Gasteiger charge is -2.11. The van der Waals surface area contributed by atoms with Crippen LogP contribution in [0.25, 0.3) is 0 Å². The molecular formula is C10H8N4O. The van der Waals surface area contributed by atoms with Gasteiger partial charge in [0.1, 0.15) is 18.3 Å². The van der Waals surface area contributed by atoms with E-state index in [1.54, 1.807) is 0 Å². The maximum atomic E-state index is 11.6. The molecule has 5 nitrogen and oxygen atoms in total. The van der Waals surface area contributed by atoms with E-state index >= 15 is 0 Å². The van der Waals surface area contributed by atoms with Crippen molar-refractivity contribution >= 4 is 5.91 Å². The van der Waals surface area contributed by atoms with Crippen LogP contribution in [0.5, 0.6) is 0 Å². The number of carbonyl (C=O) groups is 1. The van der Waals surface area contributed by atoms with Crippen molar-refractivity contribution in [1.82, 2.24) is 9.88 Å². The molecule has 1 amide bonds. The molecule has 0 aliphatic heterocycles. The molecule has 0 bridgehead atoms. The van der Waals surface area contributed by atoms with Gasteiger partial charge in [-0.1, -0.05) is 0 Å². The van der Waals surface area contributed by atoms with Gasteiger partial charge in [-0.15, -0.1) is 0 Å². The minimum atomic E-state index is -0.332. The Morgan fingerprint density at radius 3 is 2.73 bits per heavy atom. The number of nitrogens with zero attached hydrogens (tertiary/aromatic N) is 4. The number of hydrogen-bond donors (Lipinski definition) is 0. The van der Waals surface area contributed by atoms with E-state index in [1.807, 2.05) is 12.1 Å². The van der Waals surface area contributed by atoms with Crippen LogP contribution in [-0.4, -0.2) is 29.4 Å². The van der Waals surface area contributed by atoms with Crippen molar-refractivity contribution in [3.05, 3.63) is 29.6 Å². The molecule has 0 fully saturated rings. The van der Waals surface area contributed by atoms with Crippen molar-refractivity contribution in [3.8, 4) is 12.1 Å². The molecule has 1 rings (SSSR count). The molecule has 0 radical (unpaired) electrons. The second-order valence-electron chi connectivity index (χ2n) is 2.86. The van der Waals surface area contributed by atoms with E-state index in [4.69, 9.17) is 10.5 Å². The number of hydrogen-bond acceptors (Lipinski definition) is 4. The van der Waals surface area contributed by atoms with E-state index in [0.29, 0.717) is 5.56 Å². The third-order valence-electron chi connectivity index (χ3n) is 1.77. The second-order valence-corrected chi connectivity index (χ2v) is 2.86. The summed E-state index contributed by atoms with van der Waals surface area (Å²) in [5, 5.41) is 16.9. The fourth-order valence-corrected chi connectivity index (χ4v) is 0.960. The maximum Gasteiger partial charge on any atom is 0.273 e. The Bertz CT molecular complexity index is 438. The zero-order chi connectivity index (χ0) is 11.3. The van der Waals surface area contributed by atoms with Gasteiger partial charge >= 0.3 is 0 Å². The fraction of sp³-hybridized carbons (Fsp3) is 0.200. The molecule has 74 valence electrons. The molecule has 0 spiro atoms. The largest absolute Gasteiger partial charge is 0.327 e. The average molecular weight is 200 g/mol. The number of nitriles is 2. The second kappa shape index (κ2) is 4.73. The van der Waals surface area contributed by atoms with Gasteiger partial charge in [-0.2, -0.15) is 10.5 Å². The summed E-state index contributed by atoms with van der Waals surface area (Å²) in [7, 11) is 1.52. The first-order valence-electron chi connectivity index (χ1n) is 4.17. The minimum Gasteiger partial charge on any atom is -0.327 e. The van der Waals surface area contributed by atoms with Crippen molar-refractivity contribution in [2.75, 3.05) is 13.6 Å². The van der Waals surface area contributed by atoms with Gasteiger partial charge in [0.2, 0.25) is 0 Å². The number of rotatable bonds is 2. The molecule has 0 saturated carbocycles. The molecule has 5 heteroatoms. The molecule has 0 saturated heterocycles. The lowest BCUT2D eigenvalue weighted by molar-refractivity contribution is 0.0806. The van der Waals surface area contributed by atoms with E-state index in [0.717, 1.165) is 0 Å². The van der Waals surface area contributed by atoms with Gasteiger partial charge < -0.3 is 4.90 Å². The summed E-state index contributed by atoms with van der Waals surface area (Å²) in [5.74, 6) is -0.332. The van der Waals surface area contributed by atoms with Crippen LogP contribution in [-0.2, 0) is 0 Å². The van der Waals surface area contributed by atoms with Gasteiger partial charge in [0.05, 0.1) is 11.6 Å². The van der Waals surface area contributed by atoms with Gasteiger partial charge in [0.15, 0.2) is 0 Å². The van der Waals surface area contributed by atoms with Crippen molar-refractivity contribution < 1.29 is 4.79 Å². The lowest BCUT2D eigenvalue weighted by atomic mass is 10.2. The zero-order valence-electron chi connectivity index (χ0n) is 8.14.